The lowest BCUT2D eigenvalue weighted by atomic mass is 9.96. The molecule has 1 aliphatic heterocycles. The first kappa shape index (κ1) is 18.8. The molecule has 5 nitrogen and oxygen atoms in total. The summed E-state index contributed by atoms with van der Waals surface area (Å²) in [7, 11) is 0. The molecule has 0 atom stereocenters. The summed E-state index contributed by atoms with van der Waals surface area (Å²) in [6.07, 6.45) is 0. The number of carbonyl (C=O) groups is 2. The summed E-state index contributed by atoms with van der Waals surface area (Å²) >= 11 is 17.9. The maximum atomic E-state index is 12.9. The van der Waals surface area contributed by atoms with E-state index in [4.69, 9.17) is 39.5 Å². The molecule has 0 fully saturated rings. The Morgan fingerprint density at radius 2 is 1.77 bits per heavy atom. The van der Waals surface area contributed by atoms with Crippen molar-refractivity contribution in [1.29, 1.82) is 0 Å². The number of rotatable bonds is 3. The van der Waals surface area contributed by atoms with Crippen LogP contribution in [0.15, 0.2) is 36.4 Å². The van der Waals surface area contributed by atoms with E-state index in [2.05, 4.69) is 5.32 Å². The van der Waals surface area contributed by atoms with Crippen LogP contribution in [0.3, 0.4) is 0 Å². The van der Waals surface area contributed by atoms with Crippen LogP contribution in [0.1, 0.15) is 13.8 Å². The number of amides is 2. The minimum Gasteiger partial charge on any atom is -0.482 e. The third-order valence-electron chi connectivity index (χ3n) is 4.08. The average Bonchev–Trinajstić information content (AvgIpc) is 2.57. The van der Waals surface area contributed by atoms with Gasteiger partial charge in [-0.1, -0.05) is 46.9 Å². The minimum absolute atomic E-state index is 0.238. The summed E-state index contributed by atoms with van der Waals surface area (Å²) in [6, 6.07) is 9.97. The molecule has 0 radical (unpaired) electrons. The van der Waals surface area contributed by atoms with Crippen LogP contribution in [0.25, 0.3) is 0 Å². The van der Waals surface area contributed by atoms with Gasteiger partial charge in [0.05, 0.1) is 26.4 Å². The first-order valence-corrected chi connectivity index (χ1v) is 8.86. The predicted octanol–water partition coefficient (Wildman–Crippen LogP) is 4.79. The molecular weight excluding hydrogens is 399 g/mol. The Hall–Kier alpha value is -1.95. The van der Waals surface area contributed by atoms with Gasteiger partial charge in [-0.25, -0.2) is 0 Å². The van der Waals surface area contributed by atoms with E-state index in [-0.39, 0.29) is 39.2 Å². The number of para-hydroxylation sites is 2. The van der Waals surface area contributed by atoms with Crippen molar-refractivity contribution >= 4 is 58.0 Å². The van der Waals surface area contributed by atoms with Gasteiger partial charge in [-0.3, -0.25) is 14.5 Å². The SMILES string of the molecule is CC1(C)C(=O)Nc2ccccc2N1C(=O)COc1cc(Cl)c(Cl)cc1Cl. The maximum Gasteiger partial charge on any atom is 0.265 e. The highest BCUT2D eigenvalue weighted by Crippen LogP contribution is 2.37. The number of fused-ring (bicyclic) bond motifs is 1. The molecule has 8 heteroatoms. The first-order chi connectivity index (χ1) is 12.2. The summed E-state index contributed by atoms with van der Waals surface area (Å²) in [4.78, 5) is 26.7. The lowest BCUT2D eigenvalue weighted by molar-refractivity contribution is -0.127. The Morgan fingerprint density at radius 1 is 1.12 bits per heavy atom. The van der Waals surface area contributed by atoms with Crippen LogP contribution in [0.5, 0.6) is 5.75 Å². The largest absolute Gasteiger partial charge is 0.482 e. The van der Waals surface area contributed by atoms with Gasteiger partial charge in [0.1, 0.15) is 11.3 Å². The Labute approximate surface area is 165 Å². The van der Waals surface area contributed by atoms with Crippen LogP contribution < -0.4 is 15.0 Å². The van der Waals surface area contributed by atoms with E-state index >= 15 is 0 Å². The third-order valence-corrected chi connectivity index (χ3v) is 5.10. The van der Waals surface area contributed by atoms with Gasteiger partial charge < -0.3 is 10.1 Å². The van der Waals surface area contributed by atoms with E-state index in [1.165, 1.54) is 17.0 Å². The molecule has 0 unspecified atom stereocenters. The fourth-order valence-electron chi connectivity index (χ4n) is 2.72. The lowest BCUT2D eigenvalue weighted by Gasteiger charge is -2.41. The first-order valence-electron chi connectivity index (χ1n) is 7.72. The molecule has 0 aromatic heterocycles. The Kier molecular flexibility index (Phi) is 5.06. The van der Waals surface area contributed by atoms with Crippen LogP contribution in [0.2, 0.25) is 15.1 Å². The number of anilines is 2. The van der Waals surface area contributed by atoms with Crippen LogP contribution in [-0.4, -0.2) is 24.0 Å². The molecule has 1 heterocycles. The molecule has 0 spiro atoms. The fourth-order valence-corrected chi connectivity index (χ4v) is 3.31. The predicted molar refractivity (Wildman–Crippen MR) is 104 cm³/mol. The molecule has 0 saturated carbocycles. The van der Waals surface area contributed by atoms with Gasteiger partial charge in [0, 0.05) is 6.07 Å². The van der Waals surface area contributed by atoms with Crippen LogP contribution >= 0.6 is 34.8 Å². The summed E-state index contributed by atoms with van der Waals surface area (Å²) in [5.74, 6) is -0.432. The summed E-state index contributed by atoms with van der Waals surface area (Å²) in [6.45, 7) is 3.02. The van der Waals surface area contributed by atoms with Crippen LogP contribution in [0.4, 0.5) is 11.4 Å². The zero-order valence-electron chi connectivity index (χ0n) is 14.0. The molecule has 2 amide bonds. The Bertz CT molecular complexity index is 899. The molecule has 2 aromatic carbocycles. The number of hydrogen-bond donors (Lipinski definition) is 1. The molecule has 0 bridgehead atoms. The molecule has 136 valence electrons. The topological polar surface area (TPSA) is 58.6 Å². The summed E-state index contributed by atoms with van der Waals surface area (Å²) in [5.41, 5.74) is 0.0969. The van der Waals surface area contributed by atoms with E-state index < -0.39 is 5.54 Å². The van der Waals surface area contributed by atoms with E-state index in [1.807, 2.05) is 0 Å². The van der Waals surface area contributed by atoms with Crippen LogP contribution in [-0.2, 0) is 9.59 Å². The highest BCUT2D eigenvalue weighted by Gasteiger charge is 2.43. The van der Waals surface area contributed by atoms with E-state index in [9.17, 15) is 9.59 Å². The van der Waals surface area contributed by atoms with Crippen molar-refractivity contribution in [1.82, 2.24) is 0 Å². The standard InChI is InChI=1S/C18H15Cl3N2O3/c1-18(2)17(25)22-13-5-3-4-6-14(13)23(18)16(24)9-26-15-8-11(20)10(19)7-12(15)21/h3-8H,9H2,1-2H3,(H,22,25). The molecule has 0 aliphatic carbocycles. The molecule has 26 heavy (non-hydrogen) atoms. The van der Waals surface area contributed by atoms with Gasteiger partial charge in [-0.05, 0) is 32.0 Å². The van der Waals surface area contributed by atoms with Crippen molar-refractivity contribution in [3.8, 4) is 5.75 Å². The number of ether oxygens (including phenoxy) is 1. The lowest BCUT2D eigenvalue weighted by Crippen LogP contribution is -2.59. The second-order valence-corrected chi connectivity index (χ2v) is 7.47. The smallest absolute Gasteiger partial charge is 0.265 e. The zero-order chi connectivity index (χ0) is 19.1. The van der Waals surface area contributed by atoms with Crippen molar-refractivity contribution in [3.05, 3.63) is 51.5 Å². The normalized spacial score (nSPS) is 15.3. The van der Waals surface area contributed by atoms with E-state index in [0.717, 1.165) is 0 Å². The van der Waals surface area contributed by atoms with Gasteiger partial charge in [0.15, 0.2) is 6.61 Å². The number of benzene rings is 2. The van der Waals surface area contributed by atoms with Gasteiger partial charge in [0.2, 0.25) is 5.91 Å². The van der Waals surface area contributed by atoms with Crippen molar-refractivity contribution in [2.24, 2.45) is 0 Å². The quantitative estimate of drug-likeness (QED) is 0.736. The van der Waals surface area contributed by atoms with E-state index in [1.54, 1.807) is 38.1 Å². The van der Waals surface area contributed by atoms with Crippen molar-refractivity contribution in [2.75, 3.05) is 16.8 Å². The highest BCUT2D eigenvalue weighted by atomic mass is 35.5. The molecule has 1 N–H and O–H groups in total. The average molecular weight is 414 g/mol. The van der Waals surface area contributed by atoms with Gasteiger partial charge >= 0.3 is 0 Å². The molecule has 3 rings (SSSR count). The zero-order valence-corrected chi connectivity index (χ0v) is 16.2. The number of nitrogens with one attached hydrogen (secondary N) is 1. The van der Waals surface area contributed by atoms with Crippen molar-refractivity contribution < 1.29 is 14.3 Å². The summed E-state index contributed by atoms with van der Waals surface area (Å²) in [5, 5.41) is 3.60. The Morgan fingerprint density at radius 3 is 2.50 bits per heavy atom. The van der Waals surface area contributed by atoms with Crippen LogP contribution in [0, 0.1) is 0 Å². The number of halogens is 3. The fraction of sp³-hybridized carbons (Fsp3) is 0.222. The molecule has 2 aromatic rings. The molecular formula is C18H15Cl3N2O3. The second-order valence-electron chi connectivity index (χ2n) is 6.24. The third kappa shape index (κ3) is 3.34. The molecule has 1 aliphatic rings. The molecule has 0 saturated heterocycles. The van der Waals surface area contributed by atoms with Gasteiger partial charge in [0.25, 0.3) is 5.91 Å². The highest BCUT2D eigenvalue weighted by molar-refractivity contribution is 6.43. The van der Waals surface area contributed by atoms with Crippen molar-refractivity contribution in [3.63, 3.8) is 0 Å². The maximum absolute atomic E-state index is 12.9. The Balaban J connectivity index is 1.87. The van der Waals surface area contributed by atoms with E-state index in [0.29, 0.717) is 11.4 Å². The minimum atomic E-state index is -1.07. The summed E-state index contributed by atoms with van der Waals surface area (Å²) < 4.78 is 5.53. The second kappa shape index (κ2) is 6.99. The van der Waals surface area contributed by atoms with Gasteiger partial charge in [-0.15, -0.1) is 0 Å². The van der Waals surface area contributed by atoms with Crippen molar-refractivity contribution in [2.45, 2.75) is 19.4 Å². The number of nitrogens with zero attached hydrogens (tertiary/aromatic N) is 1. The number of carbonyl (C=O) groups excluding carboxylic acids is 2. The number of hydrogen-bond acceptors (Lipinski definition) is 3. The monoisotopic (exact) mass is 412 g/mol. The van der Waals surface area contributed by atoms with Gasteiger partial charge in [-0.2, -0.15) is 0 Å².